The summed E-state index contributed by atoms with van der Waals surface area (Å²) < 4.78 is 5.69. The lowest BCUT2D eigenvalue weighted by Gasteiger charge is -2.07. The molecule has 0 spiro atoms. The predicted molar refractivity (Wildman–Crippen MR) is 94.8 cm³/mol. The summed E-state index contributed by atoms with van der Waals surface area (Å²) >= 11 is 7.35. The number of aryl methyl sites for hydroxylation is 1. The van der Waals surface area contributed by atoms with Gasteiger partial charge < -0.3 is 10.1 Å². The number of benzene rings is 1. The molecule has 2 heterocycles. The Morgan fingerprint density at radius 2 is 2.21 bits per heavy atom. The number of nitrogens with one attached hydrogen (secondary N) is 1. The van der Waals surface area contributed by atoms with Crippen molar-refractivity contribution in [3.63, 3.8) is 0 Å². The van der Waals surface area contributed by atoms with Crippen molar-refractivity contribution < 1.29 is 9.53 Å². The van der Waals surface area contributed by atoms with Crippen LogP contribution in [0.5, 0.6) is 5.75 Å². The molecule has 0 aliphatic carbocycles. The lowest BCUT2D eigenvalue weighted by molar-refractivity contribution is 0.102. The summed E-state index contributed by atoms with van der Waals surface area (Å²) in [4.78, 5) is 20.7. The third-order valence-electron chi connectivity index (χ3n) is 3.12. The highest BCUT2D eigenvalue weighted by molar-refractivity contribution is 7.09. The number of pyridine rings is 1. The summed E-state index contributed by atoms with van der Waals surface area (Å²) in [5.41, 5.74) is 1.36. The summed E-state index contributed by atoms with van der Waals surface area (Å²) in [7, 11) is 0. The minimum atomic E-state index is -0.264. The maximum atomic E-state index is 12.3. The summed E-state index contributed by atoms with van der Waals surface area (Å²) in [5, 5.41) is 6.18. The molecular weight excluding hydrogens is 346 g/mol. The monoisotopic (exact) mass is 359 g/mol. The van der Waals surface area contributed by atoms with E-state index in [-0.39, 0.29) is 5.91 Å². The molecule has 24 heavy (non-hydrogen) atoms. The van der Waals surface area contributed by atoms with Gasteiger partial charge in [-0.2, -0.15) is 0 Å². The molecule has 0 unspecified atom stereocenters. The largest absolute Gasteiger partial charge is 0.487 e. The van der Waals surface area contributed by atoms with Gasteiger partial charge in [0.1, 0.15) is 18.2 Å². The van der Waals surface area contributed by atoms with E-state index in [4.69, 9.17) is 16.3 Å². The van der Waals surface area contributed by atoms with Crippen molar-refractivity contribution in [1.29, 1.82) is 0 Å². The highest BCUT2D eigenvalue weighted by atomic mass is 35.5. The van der Waals surface area contributed by atoms with E-state index in [2.05, 4.69) is 15.3 Å². The van der Waals surface area contributed by atoms with Crippen LogP contribution in [0.3, 0.4) is 0 Å². The first-order chi connectivity index (χ1) is 11.6. The molecule has 0 saturated heterocycles. The summed E-state index contributed by atoms with van der Waals surface area (Å²) in [6, 6.07) is 10.3. The fourth-order valence-electron chi connectivity index (χ4n) is 2.00. The van der Waals surface area contributed by atoms with E-state index in [1.54, 1.807) is 47.7 Å². The fraction of sp³-hybridized carbons (Fsp3) is 0.118. The summed E-state index contributed by atoms with van der Waals surface area (Å²) in [6.07, 6.45) is 1.48. The molecule has 1 amide bonds. The van der Waals surface area contributed by atoms with Crippen molar-refractivity contribution in [2.24, 2.45) is 0 Å². The topological polar surface area (TPSA) is 64.1 Å². The Morgan fingerprint density at radius 3 is 2.92 bits per heavy atom. The molecule has 1 aromatic carbocycles. The Morgan fingerprint density at radius 1 is 1.33 bits per heavy atom. The zero-order valence-corrected chi connectivity index (χ0v) is 14.4. The number of hydrogen-bond donors (Lipinski definition) is 1. The van der Waals surface area contributed by atoms with Crippen LogP contribution in [0.25, 0.3) is 0 Å². The van der Waals surface area contributed by atoms with Crippen molar-refractivity contribution in [1.82, 2.24) is 9.97 Å². The van der Waals surface area contributed by atoms with Crippen molar-refractivity contribution in [2.45, 2.75) is 13.5 Å². The minimum Gasteiger partial charge on any atom is -0.487 e. The molecule has 7 heteroatoms. The molecule has 3 aromatic rings. The van der Waals surface area contributed by atoms with Gasteiger partial charge in [0.2, 0.25) is 0 Å². The Hall–Kier alpha value is -2.44. The van der Waals surface area contributed by atoms with Gasteiger partial charge in [-0.3, -0.25) is 4.79 Å². The number of aromatic nitrogens is 2. The molecule has 3 rings (SSSR count). The SMILES string of the molecule is Cc1nc(COc2cccc(C(=O)Nc3ccc(Cl)cn3)c2)cs1. The number of halogens is 1. The third kappa shape index (κ3) is 4.31. The Kier molecular flexibility index (Phi) is 5.08. The maximum Gasteiger partial charge on any atom is 0.256 e. The van der Waals surface area contributed by atoms with Gasteiger partial charge in [0.25, 0.3) is 5.91 Å². The molecule has 0 bridgehead atoms. The standard InChI is InChI=1S/C17H14ClN3O2S/c1-11-20-14(10-24-11)9-23-15-4-2-3-12(7-15)17(22)21-16-6-5-13(18)8-19-16/h2-8,10H,9H2,1H3,(H,19,21,22). The van der Waals surface area contributed by atoms with Gasteiger partial charge in [-0.15, -0.1) is 11.3 Å². The van der Waals surface area contributed by atoms with Crippen LogP contribution < -0.4 is 10.1 Å². The predicted octanol–water partition coefficient (Wildman–Crippen LogP) is 4.33. The van der Waals surface area contributed by atoms with E-state index in [0.29, 0.717) is 28.8 Å². The van der Waals surface area contributed by atoms with Crippen LogP contribution in [0.2, 0.25) is 5.02 Å². The smallest absolute Gasteiger partial charge is 0.256 e. The molecule has 0 atom stereocenters. The van der Waals surface area contributed by atoms with Gasteiger partial charge in [-0.05, 0) is 37.3 Å². The average molecular weight is 360 g/mol. The second-order valence-electron chi connectivity index (χ2n) is 4.99. The number of anilines is 1. The number of amides is 1. The van der Waals surface area contributed by atoms with Crippen molar-refractivity contribution in [3.8, 4) is 5.75 Å². The molecule has 1 N–H and O–H groups in total. The van der Waals surface area contributed by atoms with E-state index in [1.807, 2.05) is 12.3 Å². The number of carbonyl (C=O) groups excluding carboxylic acids is 1. The lowest BCUT2D eigenvalue weighted by atomic mass is 10.2. The second kappa shape index (κ2) is 7.42. The van der Waals surface area contributed by atoms with Gasteiger partial charge >= 0.3 is 0 Å². The van der Waals surface area contributed by atoms with Gasteiger partial charge in [0, 0.05) is 17.1 Å². The fourth-order valence-corrected chi connectivity index (χ4v) is 2.71. The minimum absolute atomic E-state index is 0.264. The van der Waals surface area contributed by atoms with Crippen LogP contribution in [0.4, 0.5) is 5.82 Å². The zero-order chi connectivity index (χ0) is 16.9. The Bertz CT molecular complexity index is 849. The molecule has 0 radical (unpaired) electrons. The van der Waals surface area contributed by atoms with E-state index >= 15 is 0 Å². The average Bonchev–Trinajstić information content (AvgIpc) is 3.01. The van der Waals surface area contributed by atoms with Crippen LogP contribution in [0, 0.1) is 6.92 Å². The van der Waals surface area contributed by atoms with Crippen LogP contribution in [-0.4, -0.2) is 15.9 Å². The number of carbonyl (C=O) groups is 1. The van der Waals surface area contributed by atoms with Crippen LogP contribution >= 0.6 is 22.9 Å². The van der Waals surface area contributed by atoms with Crippen molar-refractivity contribution in [3.05, 3.63) is 69.3 Å². The van der Waals surface area contributed by atoms with E-state index in [9.17, 15) is 4.79 Å². The van der Waals surface area contributed by atoms with Crippen molar-refractivity contribution in [2.75, 3.05) is 5.32 Å². The van der Waals surface area contributed by atoms with Gasteiger partial charge in [0.05, 0.1) is 15.7 Å². The molecule has 0 saturated carbocycles. The number of nitrogens with zero attached hydrogens (tertiary/aromatic N) is 2. The number of thiazole rings is 1. The van der Waals surface area contributed by atoms with Crippen LogP contribution in [-0.2, 0) is 6.61 Å². The Balaban J connectivity index is 1.65. The van der Waals surface area contributed by atoms with E-state index in [1.165, 1.54) is 6.20 Å². The Labute approximate surface area is 148 Å². The van der Waals surface area contributed by atoms with Gasteiger partial charge in [-0.25, -0.2) is 9.97 Å². The number of rotatable bonds is 5. The van der Waals surface area contributed by atoms with Crippen LogP contribution in [0.15, 0.2) is 48.0 Å². The molecule has 0 fully saturated rings. The van der Waals surface area contributed by atoms with Gasteiger partial charge in [0.15, 0.2) is 0 Å². The van der Waals surface area contributed by atoms with Crippen LogP contribution in [0.1, 0.15) is 21.1 Å². The first-order valence-corrected chi connectivity index (χ1v) is 8.43. The number of ether oxygens (including phenoxy) is 1. The second-order valence-corrected chi connectivity index (χ2v) is 6.49. The normalized spacial score (nSPS) is 10.4. The third-order valence-corrected chi connectivity index (χ3v) is 4.16. The maximum absolute atomic E-state index is 12.3. The number of hydrogen-bond acceptors (Lipinski definition) is 5. The molecule has 2 aromatic heterocycles. The first-order valence-electron chi connectivity index (χ1n) is 7.17. The first kappa shape index (κ1) is 16.4. The highest BCUT2D eigenvalue weighted by Gasteiger charge is 2.08. The van der Waals surface area contributed by atoms with E-state index < -0.39 is 0 Å². The molecule has 0 aliphatic heterocycles. The molecular formula is C17H14ClN3O2S. The quantitative estimate of drug-likeness (QED) is 0.736. The highest BCUT2D eigenvalue weighted by Crippen LogP contribution is 2.17. The van der Waals surface area contributed by atoms with E-state index in [0.717, 1.165) is 10.7 Å². The summed E-state index contributed by atoms with van der Waals surface area (Å²) in [5.74, 6) is 0.783. The zero-order valence-electron chi connectivity index (χ0n) is 12.8. The summed E-state index contributed by atoms with van der Waals surface area (Å²) in [6.45, 7) is 2.32. The lowest BCUT2D eigenvalue weighted by Crippen LogP contribution is -2.12. The molecule has 0 aliphatic rings. The van der Waals surface area contributed by atoms with Gasteiger partial charge in [-0.1, -0.05) is 17.7 Å². The molecule has 122 valence electrons. The van der Waals surface area contributed by atoms with Crippen molar-refractivity contribution >= 4 is 34.7 Å². The molecule has 5 nitrogen and oxygen atoms in total.